The Labute approximate surface area is 356 Å². The molecule has 0 saturated heterocycles. The van der Waals surface area contributed by atoms with Gasteiger partial charge in [0.25, 0.3) is 0 Å². The third-order valence-corrected chi connectivity index (χ3v) is 14.5. The van der Waals surface area contributed by atoms with Crippen LogP contribution in [0.5, 0.6) is 0 Å². The van der Waals surface area contributed by atoms with Gasteiger partial charge in [-0.1, -0.05) is 29.4 Å². The molecule has 4 nitrogen and oxygen atoms in total. The smallest absolute Gasteiger partial charge is 0 e. The zero-order valence-corrected chi connectivity index (χ0v) is 36.2. The van der Waals surface area contributed by atoms with Gasteiger partial charge in [-0.05, 0) is 55.8 Å². The van der Waals surface area contributed by atoms with Gasteiger partial charge in [-0.15, -0.1) is 17.7 Å². The van der Waals surface area contributed by atoms with Crippen LogP contribution in [-0.2, 0) is 39.2 Å². The van der Waals surface area contributed by atoms with Crippen LogP contribution in [0.4, 0.5) is 0 Å². The number of benzene rings is 3. The van der Waals surface area contributed by atoms with Crippen LogP contribution in [-0.4, -0.2) is 28.2 Å². The van der Waals surface area contributed by atoms with E-state index in [1.807, 2.05) is 39.1 Å². The van der Waals surface area contributed by atoms with Crippen molar-refractivity contribution in [3.05, 3.63) is 119 Å². The first-order valence-corrected chi connectivity index (χ1v) is 25.8. The van der Waals surface area contributed by atoms with E-state index in [4.69, 9.17) is 25.9 Å². The summed E-state index contributed by atoms with van der Waals surface area (Å²) >= 11 is -0.543. The minimum Gasteiger partial charge on any atom is 0 e. The van der Waals surface area contributed by atoms with E-state index in [1.165, 1.54) is 50.6 Å². The van der Waals surface area contributed by atoms with Crippen molar-refractivity contribution < 1.29 is 41.0 Å². The molecule has 7 heteroatoms. The second-order valence-corrected chi connectivity index (χ2v) is 27.0. The van der Waals surface area contributed by atoms with E-state index in [0.29, 0.717) is 5.39 Å². The fraction of sp³-hybridized carbons (Fsp3) is 0.298. The van der Waals surface area contributed by atoms with Gasteiger partial charge in [0.05, 0.1) is 5.58 Å². The van der Waals surface area contributed by atoms with Crippen molar-refractivity contribution in [2.75, 3.05) is 0 Å². The summed E-state index contributed by atoms with van der Waals surface area (Å²) in [6.07, 6.45) is -1.69. The molecule has 1 aliphatic rings. The number of pyridine rings is 3. The molecule has 277 valence electrons. The summed E-state index contributed by atoms with van der Waals surface area (Å²) in [5.41, 5.74) is 2.59. The SMILES string of the molecule is [2H]C([2H])([2H])c1ccc2c(n1)oc1c(-c3cc4c(cn3)C([2H])([2H])CCC4([2H])[2H])[c-]cc(C([2H])([2H])[2H])c12.[2H]C([2H])(c1cc(-c2[c-]cc3sc4ccccc4c3c2)nc[c]1[Ge]([CH3])([CH3])[CH3])C(C)(C)C.[Ir]. The monoisotopic (exact) mass is 980 g/mol. The molecular formula is C47H47GeIrN3OS-2. The molecule has 0 bridgehead atoms. The molecule has 8 aromatic rings. The largest absolute Gasteiger partial charge is 0 e. The summed E-state index contributed by atoms with van der Waals surface area (Å²) in [5.74, 6) is 6.90. The molecule has 0 N–H and O–H groups in total. The van der Waals surface area contributed by atoms with Gasteiger partial charge in [-0.25, -0.2) is 4.98 Å². The number of nitrogens with zero attached hydrogens (tertiary/aromatic N) is 3. The molecule has 9 rings (SSSR count). The maximum atomic E-state index is 8.97. The van der Waals surface area contributed by atoms with Crippen molar-refractivity contribution in [2.45, 2.75) is 83.7 Å². The number of thiophene rings is 1. The van der Waals surface area contributed by atoms with Crippen LogP contribution >= 0.6 is 11.3 Å². The fourth-order valence-corrected chi connectivity index (χ4v) is 10.7. The molecule has 5 heterocycles. The maximum Gasteiger partial charge on any atom is 0 e. The molecule has 5 aromatic heterocycles. The van der Waals surface area contributed by atoms with Crippen molar-refractivity contribution in [1.82, 2.24) is 15.0 Å². The van der Waals surface area contributed by atoms with Crippen molar-refractivity contribution in [1.29, 1.82) is 0 Å². The number of aromatic nitrogens is 3. The Bertz CT molecular complexity index is 3170. The maximum absolute atomic E-state index is 8.97. The zero-order chi connectivity index (χ0) is 47.4. The average molecular weight is 979 g/mol. The summed E-state index contributed by atoms with van der Waals surface area (Å²) in [7, 11) is 0. The standard InChI is InChI=1S/C25H28GeNS.C22H19N2O.Ir/c1-25(2,3)15-18-14-22(27-16-21(18)26(4,5)6)17-11-12-24-20(13-17)19-9-7-8-10-23(19)28-24;1-13-7-9-17(19-11-15-5-3-4-6-16(15)12-23-19)21-20(13)18-10-8-14(2)24-22(18)25-21;/h7-10,12-14,16H,15H2,1-6H3;7-8,10-12H,3-6H2,1-2H3;/q2*-1;/i15D2;1D3,2D3,5D2,6D2;. The number of hydrogen-bond donors (Lipinski definition) is 0. The van der Waals surface area contributed by atoms with Crippen LogP contribution in [0.1, 0.15) is 78.0 Å². The second kappa shape index (κ2) is 15.1. The number of furan rings is 1. The Morgan fingerprint density at radius 3 is 2.44 bits per heavy atom. The van der Waals surface area contributed by atoms with E-state index in [9.17, 15) is 0 Å². The zero-order valence-electron chi connectivity index (χ0n) is 42.9. The van der Waals surface area contributed by atoms with E-state index in [1.54, 1.807) is 11.3 Å². The molecule has 1 aliphatic carbocycles. The van der Waals surface area contributed by atoms with Gasteiger partial charge < -0.3 is 9.40 Å². The van der Waals surface area contributed by atoms with E-state index >= 15 is 0 Å². The van der Waals surface area contributed by atoms with Gasteiger partial charge in [-0.2, -0.15) is 0 Å². The van der Waals surface area contributed by atoms with Gasteiger partial charge >= 0.3 is 178 Å². The number of aryl methyl sites for hydroxylation is 4. The number of hydrogen-bond acceptors (Lipinski definition) is 5. The van der Waals surface area contributed by atoms with Gasteiger partial charge in [-0.3, -0.25) is 0 Å². The molecular weight excluding hydrogens is 919 g/mol. The third-order valence-electron chi connectivity index (χ3n) is 9.14. The summed E-state index contributed by atoms with van der Waals surface area (Å²) in [4.78, 5) is 13.2. The molecule has 0 unspecified atom stereocenters. The molecule has 54 heavy (non-hydrogen) atoms. The Morgan fingerprint density at radius 1 is 0.870 bits per heavy atom. The molecule has 0 saturated carbocycles. The minimum atomic E-state index is -2.52. The first-order chi connectivity index (χ1) is 30.0. The Kier molecular flexibility index (Phi) is 7.34. The van der Waals surface area contributed by atoms with Crippen LogP contribution in [0.15, 0.2) is 83.5 Å². The normalized spacial score (nSPS) is 19.1. The Morgan fingerprint density at radius 2 is 1.67 bits per heavy atom. The number of rotatable bonds is 4. The molecule has 0 spiro atoms. The molecule has 3 aromatic carbocycles. The molecule has 0 aliphatic heterocycles. The van der Waals surface area contributed by atoms with Gasteiger partial charge in [0, 0.05) is 51.1 Å². The van der Waals surface area contributed by atoms with Crippen molar-refractivity contribution in [3.63, 3.8) is 0 Å². The fourth-order valence-electron chi connectivity index (χ4n) is 6.69. The van der Waals surface area contributed by atoms with Gasteiger partial charge in [0.15, 0.2) is 0 Å². The quantitative estimate of drug-likeness (QED) is 0.130. The summed E-state index contributed by atoms with van der Waals surface area (Å²) in [6, 6.07) is 26.5. The summed E-state index contributed by atoms with van der Waals surface area (Å²) in [5, 5.41) is 3.00. The topological polar surface area (TPSA) is 51.8 Å². The van der Waals surface area contributed by atoms with E-state index in [2.05, 4.69) is 69.7 Å². The molecule has 0 fully saturated rings. The van der Waals surface area contributed by atoms with Crippen LogP contribution in [0.25, 0.3) is 64.8 Å². The van der Waals surface area contributed by atoms with E-state index < -0.39 is 51.5 Å². The summed E-state index contributed by atoms with van der Waals surface area (Å²) < 4.78 is 107. The molecule has 1 radical (unpaired) electrons. The summed E-state index contributed by atoms with van der Waals surface area (Å²) in [6.45, 7) is 0.913. The van der Waals surface area contributed by atoms with Crippen LogP contribution < -0.4 is 4.40 Å². The van der Waals surface area contributed by atoms with E-state index in [-0.39, 0.29) is 83.3 Å². The predicted molar refractivity (Wildman–Crippen MR) is 227 cm³/mol. The van der Waals surface area contributed by atoms with Crippen LogP contribution in [0, 0.1) is 31.3 Å². The van der Waals surface area contributed by atoms with Crippen molar-refractivity contribution in [3.8, 4) is 22.5 Å². The molecule has 0 atom stereocenters. The van der Waals surface area contributed by atoms with Crippen molar-refractivity contribution in [2.24, 2.45) is 5.41 Å². The van der Waals surface area contributed by atoms with Gasteiger partial charge in [0.2, 0.25) is 5.71 Å². The number of fused-ring (bicyclic) bond motifs is 7. The average Bonchev–Trinajstić information content (AvgIpc) is 3.79. The Balaban J connectivity index is 0.000000196. The minimum absolute atomic E-state index is 0. The molecule has 0 amide bonds. The second-order valence-electron chi connectivity index (χ2n) is 15.4. The van der Waals surface area contributed by atoms with E-state index in [0.717, 1.165) is 21.2 Å². The predicted octanol–water partition coefficient (Wildman–Crippen LogP) is 12.4. The van der Waals surface area contributed by atoms with Gasteiger partial charge in [0.1, 0.15) is 0 Å². The van der Waals surface area contributed by atoms with Crippen LogP contribution in [0.3, 0.4) is 0 Å². The first kappa shape index (κ1) is 26.2. The first-order valence-electron chi connectivity index (χ1n) is 23.6. The third kappa shape index (κ3) is 7.73. The Hall–Kier alpha value is -3.68. The van der Waals surface area contributed by atoms with Crippen LogP contribution in [0.2, 0.25) is 17.3 Å². The van der Waals surface area contributed by atoms with Crippen molar-refractivity contribution >= 4 is 71.2 Å².